The Morgan fingerprint density at radius 1 is 0.367 bits per heavy atom. The van der Waals surface area contributed by atoms with E-state index in [2.05, 4.69) is 81.9 Å². The van der Waals surface area contributed by atoms with Crippen molar-refractivity contribution in [2.24, 2.45) is 0 Å². The Morgan fingerprint density at radius 3 is 1.17 bits per heavy atom. The highest BCUT2D eigenvalue weighted by Crippen LogP contribution is 2.06. The maximum absolute atomic E-state index is 3.56. The van der Waals surface area contributed by atoms with Gasteiger partial charge in [-0.2, -0.15) is 0 Å². The van der Waals surface area contributed by atoms with Gasteiger partial charge < -0.3 is 21.3 Å². The van der Waals surface area contributed by atoms with Gasteiger partial charge in [0, 0.05) is 24.5 Å². The third-order valence-corrected chi connectivity index (χ3v) is 5.22. The summed E-state index contributed by atoms with van der Waals surface area (Å²) in [6.07, 6.45) is 10.4. The van der Waals surface area contributed by atoms with Gasteiger partial charge in [0.1, 0.15) is 0 Å². The molecule has 0 amide bonds. The number of unbranched alkanes of at least 4 members (excludes halogenated alkanes) is 5. The number of nitrogens with one attached hydrogen (secondary N) is 4. The molecule has 4 heteroatoms. The molecule has 2 aromatic carbocycles. The van der Waals surface area contributed by atoms with Crippen LogP contribution in [-0.2, 0) is 0 Å². The molecule has 0 spiro atoms. The van der Waals surface area contributed by atoms with E-state index in [0.717, 1.165) is 39.3 Å². The van der Waals surface area contributed by atoms with Gasteiger partial charge in [-0.25, -0.2) is 0 Å². The van der Waals surface area contributed by atoms with Crippen molar-refractivity contribution in [2.75, 3.05) is 49.9 Å². The molecule has 0 atom stereocenters. The van der Waals surface area contributed by atoms with Crippen LogP contribution < -0.4 is 21.3 Å². The lowest BCUT2D eigenvalue weighted by atomic mass is 10.1. The Morgan fingerprint density at radius 2 is 0.733 bits per heavy atom. The molecular weight excluding hydrogens is 368 g/mol. The summed E-state index contributed by atoms with van der Waals surface area (Å²) in [7, 11) is 0. The monoisotopic (exact) mass is 410 g/mol. The van der Waals surface area contributed by atoms with Crippen molar-refractivity contribution >= 4 is 11.4 Å². The molecular formula is C26H42N4. The smallest absolute Gasteiger partial charge is 0.0340 e. The molecule has 166 valence electrons. The van der Waals surface area contributed by atoms with Crippen LogP contribution in [0.1, 0.15) is 51.4 Å². The van der Waals surface area contributed by atoms with Crippen LogP contribution in [0.5, 0.6) is 0 Å². The summed E-state index contributed by atoms with van der Waals surface area (Å²) in [6.45, 7) is 6.59. The number of anilines is 2. The topological polar surface area (TPSA) is 48.1 Å². The van der Waals surface area contributed by atoms with Crippen LogP contribution in [0.15, 0.2) is 60.7 Å². The van der Waals surface area contributed by atoms with Crippen molar-refractivity contribution in [3.05, 3.63) is 60.7 Å². The van der Waals surface area contributed by atoms with Crippen LogP contribution in [0, 0.1) is 0 Å². The summed E-state index contributed by atoms with van der Waals surface area (Å²) in [4.78, 5) is 0. The Balaban J connectivity index is 1.23. The van der Waals surface area contributed by atoms with Crippen molar-refractivity contribution < 1.29 is 0 Å². The first kappa shape index (κ1) is 24.2. The first-order valence-electron chi connectivity index (χ1n) is 11.9. The molecule has 0 unspecified atom stereocenters. The van der Waals surface area contributed by atoms with E-state index in [0.29, 0.717) is 0 Å². The van der Waals surface area contributed by atoms with E-state index in [-0.39, 0.29) is 0 Å². The number of para-hydroxylation sites is 2. The van der Waals surface area contributed by atoms with Gasteiger partial charge in [-0.05, 0) is 76.1 Å². The fourth-order valence-electron chi connectivity index (χ4n) is 3.46. The second-order valence-corrected chi connectivity index (χ2v) is 7.91. The lowest BCUT2D eigenvalue weighted by Gasteiger charge is -2.08. The number of hydrogen-bond donors (Lipinski definition) is 4. The highest BCUT2D eigenvalue weighted by molar-refractivity contribution is 5.42. The average Bonchev–Trinajstić information content (AvgIpc) is 2.79. The number of rotatable bonds is 19. The molecule has 2 rings (SSSR count). The fraction of sp³-hybridized carbons (Fsp3) is 0.538. The Hall–Kier alpha value is -2.04. The molecule has 0 saturated heterocycles. The highest BCUT2D eigenvalue weighted by atomic mass is 14.9. The molecule has 0 heterocycles. The summed E-state index contributed by atoms with van der Waals surface area (Å²) < 4.78 is 0. The summed E-state index contributed by atoms with van der Waals surface area (Å²) in [6, 6.07) is 20.9. The van der Waals surface area contributed by atoms with Gasteiger partial charge in [-0.1, -0.05) is 62.1 Å². The van der Waals surface area contributed by atoms with Gasteiger partial charge >= 0.3 is 0 Å². The Labute approximate surface area is 184 Å². The lowest BCUT2D eigenvalue weighted by molar-refractivity contribution is 0.546. The molecule has 0 aliphatic carbocycles. The largest absolute Gasteiger partial charge is 0.385 e. The zero-order chi connectivity index (χ0) is 21.0. The zero-order valence-corrected chi connectivity index (χ0v) is 18.7. The second kappa shape index (κ2) is 17.8. The lowest BCUT2D eigenvalue weighted by Crippen LogP contribution is -2.19. The van der Waals surface area contributed by atoms with Crippen LogP contribution in [0.25, 0.3) is 0 Å². The zero-order valence-electron chi connectivity index (χ0n) is 18.7. The summed E-state index contributed by atoms with van der Waals surface area (Å²) in [5.74, 6) is 0. The first-order valence-corrected chi connectivity index (χ1v) is 11.9. The first-order chi connectivity index (χ1) is 14.9. The maximum atomic E-state index is 3.56. The van der Waals surface area contributed by atoms with E-state index in [1.807, 2.05) is 0 Å². The van der Waals surface area contributed by atoms with Crippen molar-refractivity contribution in [3.8, 4) is 0 Å². The third kappa shape index (κ3) is 13.2. The van der Waals surface area contributed by atoms with Crippen LogP contribution in [0.2, 0.25) is 0 Å². The minimum absolute atomic E-state index is 1.04. The molecule has 0 bridgehead atoms. The third-order valence-electron chi connectivity index (χ3n) is 5.22. The fourth-order valence-corrected chi connectivity index (χ4v) is 3.46. The van der Waals surface area contributed by atoms with Gasteiger partial charge in [0.05, 0.1) is 0 Å². The molecule has 0 saturated carbocycles. The van der Waals surface area contributed by atoms with Crippen molar-refractivity contribution in [1.29, 1.82) is 0 Å². The van der Waals surface area contributed by atoms with E-state index < -0.39 is 0 Å². The molecule has 0 aliphatic heterocycles. The van der Waals surface area contributed by atoms with Crippen LogP contribution in [0.3, 0.4) is 0 Å². The minimum Gasteiger partial charge on any atom is -0.385 e. The summed E-state index contributed by atoms with van der Waals surface area (Å²) in [5, 5.41) is 14.0. The molecule has 30 heavy (non-hydrogen) atoms. The molecule has 0 aliphatic rings. The Bertz CT molecular complexity index is 547. The highest BCUT2D eigenvalue weighted by Gasteiger charge is 1.94. The van der Waals surface area contributed by atoms with Crippen LogP contribution in [0.4, 0.5) is 11.4 Å². The van der Waals surface area contributed by atoms with E-state index in [9.17, 15) is 0 Å². The van der Waals surface area contributed by atoms with Gasteiger partial charge in [0.15, 0.2) is 0 Å². The van der Waals surface area contributed by atoms with Gasteiger partial charge in [-0.15, -0.1) is 0 Å². The molecule has 4 nitrogen and oxygen atoms in total. The summed E-state index contributed by atoms with van der Waals surface area (Å²) >= 11 is 0. The minimum atomic E-state index is 1.04. The number of benzene rings is 2. The van der Waals surface area contributed by atoms with Gasteiger partial charge in [-0.3, -0.25) is 0 Å². The van der Waals surface area contributed by atoms with Gasteiger partial charge in [0.2, 0.25) is 0 Å². The SMILES string of the molecule is c1ccc(NCCCNCCCCCCCCNCCCNc2ccccc2)cc1. The van der Waals surface area contributed by atoms with Crippen molar-refractivity contribution in [3.63, 3.8) is 0 Å². The predicted molar refractivity (Wildman–Crippen MR) is 133 cm³/mol. The second-order valence-electron chi connectivity index (χ2n) is 7.91. The quantitative estimate of drug-likeness (QED) is 0.231. The normalized spacial score (nSPS) is 10.8. The molecule has 0 radical (unpaired) electrons. The average molecular weight is 411 g/mol. The van der Waals surface area contributed by atoms with E-state index in [1.54, 1.807) is 0 Å². The number of hydrogen-bond acceptors (Lipinski definition) is 4. The molecule has 2 aromatic rings. The molecule has 0 aromatic heterocycles. The van der Waals surface area contributed by atoms with E-state index in [4.69, 9.17) is 0 Å². The van der Waals surface area contributed by atoms with Crippen LogP contribution in [-0.4, -0.2) is 39.3 Å². The molecule has 4 N–H and O–H groups in total. The summed E-state index contributed by atoms with van der Waals surface area (Å²) in [5.41, 5.74) is 2.43. The molecule has 0 fully saturated rings. The van der Waals surface area contributed by atoms with Crippen molar-refractivity contribution in [1.82, 2.24) is 10.6 Å². The van der Waals surface area contributed by atoms with E-state index in [1.165, 1.54) is 62.7 Å². The Kier molecular flexibility index (Phi) is 14.4. The predicted octanol–water partition coefficient (Wildman–Crippen LogP) is 5.51. The standard InChI is InChI=1S/C26H42N4/c1(3-11-19-27-21-13-23-29-25-15-7-5-8-16-25)2-4-12-20-28-22-14-24-30-26-17-9-6-10-18-26/h5-10,15-18,27-30H,1-4,11-14,19-24H2. The van der Waals surface area contributed by atoms with Crippen molar-refractivity contribution in [2.45, 2.75) is 51.4 Å². The van der Waals surface area contributed by atoms with Gasteiger partial charge in [0.25, 0.3) is 0 Å². The van der Waals surface area contributed by atoms with Crippen LogP contribution >= 0.6 is 0 Å². The maximum Gasteiger partial charge on any atom is 0.0340 e. The van der Waals surface area contributed by atoms with E-state index >= 15 is 0 Å².